The van der Waals surface area contributed by atoms with Crippen LogP contribution in [0.15, 0.2) is 0 Å². The summed E-state index contributed by atoms with van der Waals surface area (Å²) in [5, 5.41) is 5.42. The first kappa shape index (κ1) is 20.8. The van der Waals surface area contributed by atoms with Crippen LogP contribution in [-0.4, -0.2) is 68.7 Å². The first-order chi connectivity index (χ1) is 9.00. The number of rotatable bonds is 5. The van der Waals surface area contributed by atoms with E-state index in [4.69, 9.17) is 4.74 Å². The fraction of sp³-hybridized carbons (Fsp3) is 0.917. The second-order valence-electron chi connectivity index (χ2n) is 5.28. The van der Waals surface area contributed by atoms with Gasteiger partial charge in [0.15, 0.2) is 0 Å². The van der Waals surface area contributed by atoms with Gasteiger partial charge < -0.3 is 10.1 Å². The molecule has 2 fully saturated rings. The minimum Gasteiger partial charge on any atom is -0.383 e. The highest BCUT2D eigenvalue weighted by molar-refractivity contribution is 5.85. The van der Waals surface area contributed by atoms with Crippen molar-refractivity contribution in [1.29, 1.82) is 0 Å². The van der Waals surface area contributed by atoms with Crippen molar-refractivity contribution in [2.75, 3.05) is 39.9 Å². The summed E-state index contributed by atoms with van der Waals surface area (Å²) in [4.78, 5) is 14.1. The maximum Gasteiger partial charge on any atom is 0.262 e. The molecule has 2 unspecified atom stereocenters. The van der Waals surface area contributed by atoms with Crippen LogP contribution in [0, 0.1) is 0 Å². The summed E-state index contributed by atoms with van der Waals surface area (Å²) in [5.74, 6) is -3.07. The lowest BCUT2D eigenvalue weighted by Gasteiger charge is -2.18. The fourth-order valence-electron chi connectivity index (χ4n) is 2.58. The van der Waals surface area contributed by atoms with E-state index in [1.807, 2.05) is 0 Å². The predicted molar refractivity (Wildman–Crippen MR) is 80.7 cm³/mol. The average Bonchev–Trinajstić information content (AvgIpc) is 2.93. The first-order valence-corrected chi connectivity index (χ1v) is 6.63. The summed E-state index contributed by atoms with van der Waals surface area (Å²) in [5.41, 5.74) is 0. The molecule has 2 aliphatic heterocycles. The Morgan fingerprint density at radius 1 is 1.48 bits per heavy atom. The average molecular weight is 350 g/mol. The maximum atomic E-state index is 13.0. The number of amides is 1. The molecule has 0 radical (unpaired) electrons. The largest absolute Gasteiger partial charge is 0.383 e. The molecule has 2 heterocycles. The van der Waals surface area contributed by atoms with Gasteiger partial charge in [-0.1, -0.05) is 0 Å². The molecular formula is C12H23Cl2F2N3O2. The summed E-state index contributed by atoms with van der Waals surface area (Å²) in [6, 6.07) is -0.705. The van der Waals surface area contributed by atoms with Crippen LogP contribution in [0.2, 0.25) is 0 Å². The molecule has 1 amide bonds. The summed E-state index contributed by atoms with van der Waals surface area (Å²) < 4.78 is 31.0. The number of likely N-dealkylation sites (tertiary alicyclic amines) is 1. The van der Waals surface area contributed by atoms with Gasteiger partial charge in [-0.2, -0.15) is 0 Å². The third-order valence-corrected chi connectivity index (χ3v) is 3.66. The van der Waals surface area contributed by atoms with Crippen LogP contribution in [0.25, 0.3) is 0 Å². The molecule has 0 aromatic carbocycles. The Morgan fingerprint density at radius 3 is 2.76 bits per heavy atom. The highest BCUT2D eigenvalue weighted by Crippen LogP contribution is 2.25. The van der Waals surface area contributed by atoms with E-state index in [-0.39, 0.29) is 36.8 Å². The number of nitrogens with zero attached hydrogens (tertiary/aromatic N) is 1. The van der Waals surface area contributed by atoms with Crippen LogP contribution in [-0.2, 0) is 9.53 Å². The number of halogens is 4. The maximum absolute atomic E-state index is 13.0. The Bertz CT molecular complexity index is 338. The highest BCUT2D eigenvalue weighted by Gasteiger charge is 2.42. The van der Waals surface area contributed by atoms with Gasteiger partial charge in [-0.25, -0.2) is 8.78 Å². The minimum absolute atomic E-state index is 0. The number of ether oxygens (including phenoxy) is 1. The fourth-order valence-corrected chi connectivity index (χ4v) is 2.58. The quantitative estimate of drug-likeness (QED) is 0.765. The molecule has 0 bridgehead atoms. The van der Waals surface area contributed by atoms with Crippen molar-refractivity contribution in [3.8, 4) is 0 Å². The smallest absolute Gasteiger partial charge is 0.262 e. The zero-order valence-corrected chi connectivity index (χ0v) is 13.6. The zero-order chi connectivity index (χ0) is 13.9. The molecule has 9 heteroatoms. The number of alkyl halides is 2. The highest BCUT2D eigenvalue weighted by atomic mass is 35.5. The molecule has 0 aromatic rings. The van der Waals surface area contributed by atoms with Gasteiger partial charge in [0.25, 0.3) is 5.92 Å². The number of hydrogen-bond acceptors (Lipinski definition) is 4. The van der Waals surface area contributed by atoms with Gasteiger partial charge in [0.2, 0.25) is 5.91 Å². The number of carbonyl (C=O) groups excluding carboxylic acids is 1. The standard InChI is InChI=1S/C12H21F2N3O2.2ClH/c1-19-5-4-17-3-2-9(7-17)16-11(18)10-6-12(13,14)8-15-10;;/h9-10,15H,2-8H2,1H3,(H,16,18);2*1H. The molecule has 21 heavy (non-hydrogen) atoms. The zero-order valence-electron chi connectivity index (χ0n) is 11.9. The van der Waals surface area contributed by atoms with E-state index in [9.17, 15) is 13.6 Å². The predicted octanol–water partition coefficient (Wildman–Crippen LogP) is 0.664. The molecule has 2 rings (SSSR count). The molecule has 0 saturated carbocycles. The van der Waals surface area contributed by atoms with Crippen molar-refractivity contribution in [1.82, 2.24) is 15.5 Å². The van der Waals surface area contributed by atoms with Crippen molar-refractivity contribution >= 4 is 30.7 Å². The SMILES string of the molecule is COCCN1CCC(NC(=O)C2CC(F)(F)CN2)C1.Cl.Cl. The van der Waals surface area contributed by atoms with Gasteiger partial charge >= 0.3 is 0 Å². The summed E-state index contributed by atoms with van der Waals surface area (Å²) in [7, 11) is 1.65. The number of nitrogens with one attached hydrogen (secondary N) is 2. The second-order valence-corrected chi connectivity index (χ2v) is 5.28. The van der Waals surface area contributed by atoms with Crippen LogP contribution in [0.4, 0.5) is 8.78 Å². The van der Waals surface area contributed by atoms with Gasteiger partial charge in [-0.3, -0.25) is 15.0 Å². The Balaban J connectivity index is 0.00000200. The lowest BCUT2D eigenvalue weighted by molar-refractivity contribution is -0.124. The number of carbonyl (C=O) groups is 1. The summed E-state index contributed by atoms with van der Waals surface area (Å²) in [6.45, 7) is 2.76. The van der Waals surface area contributed by atoms with Crippen molar-refractivity contribution in [2.45, 2.75) is 30.8 Å². The van der Waals surface area contributed by atoms with E-state index < -0.39 is 24.9 Å². The Morgan fingerprint density at radius 2 is 2.19 bits per heavy atom. The molecular weight excluding hydrogens is 327 g/mol. The molecule has 2 aliphatic rings. The molecule has 2 N–H and O–H groups in total. The lowest BCUT2D eigenvalue weighted by atomic mass is 10.1. The first-order valence-electron chi connectivity index (χ1n) is 6.63. The van der Waals surface area contributed by atoms with E-state index in [0.717, 1.165) is 26.1 Å². The van der Waals surface area contributed by atoms with Crippen LogP contribution in [0.5, 0.6) is 0 Å². The second kappa shape index (κ2) is 9.05. The van der Waals surface area contributed by atoms with Gasteiger partial charge in [0, 0.05) is 39.2 Å². The van der Waals surface area contributed by atoms with Crippen LogP contribution >= 0.6 is 24.8 Å². The van der Waals surface area contributed by atoms with Crippen LogP contribution < -0.4 is 10.6 Å². The molecule has 0 aromatic heterocycles. The Kier molecular flexibility index (Phi) is 8.96. The topological polar surface area (TPSA) is 53.6 Å². The summed E-state index contributed by atoms with van der Waals surface area (Å²) >= 11 is 0. The molecule has 0 aliphatic carbocycles. The summed E-state index contributed by atoms with van der Waals surface area (Å²) in [6.07, 6.45) is 0.456. The van der Waals surface area contributed by atoms with E-state index >= 15 is 0 Å². The molecule has 126 valence electrons. The van der Waals surface area contributed by atoms with Crippen LogP contribution in [0.1, 0.15) is 12.8 Å². The minimum atomic E-state index is -2.76. The van der Waals surface area contributed by atoms with Gasteiger partial charge in [-0.05, 0) is 6.42 Å². The molecule has 2 saturated heterocycles. The van der Waals surface area contributed by atoms with Crippen molar-refractivity contribution in [2.24, 2.45) is 0 Å². The van der Waals surface area contributed by atoms with E-state index in [1.165, 1.54) is 0 Å². The van der Waals surface area contributed by atoms with Gasteiger partial charge in [-0.15, -0.1) is 24.8 Å². The van der Waals surface area contributed by atoms with Gasteiger partial charge in [0.05, 0.1) is 19.2 Å². The molecule has 2 atom stereocenters. The third kappa shape index (κ3) is 6.20. The number of hydrogen-bond donors (Lipinski definition) is 2. The van der Waals surface area contributed by atoms with E-state index in [2.05, 4.69) is 15.5 Å². The van der Waals surface area contributed by atoms with Crippen molar-refractivity contribution < 1.29 is 18.3 Å². The van der Waals surface area contributed by atoms with Gasteiger partial charge in [0.1, 0.15) is 0 Å². The third-order valence-electron chi connectivity index (χ3n) is 3.66. The molecule has 5 nitrogen and oxygen atoms in total. The lowest BCUT2D eigenvalue weighted by Crippen LogP contribution is -2.46. The van der Waals surface area contributed by atoms with Crippen molar-refractivity contribution in [3.05, 3.63) is 0 Å². The Hall–Kier alpha value is -0.210. The number of methoxy groups -OCH3 is 1. The molecule has 0 spiro atoms. The normalized spacial score (nSPS) is 27.8. The van der Waals surface area contributed by atoms with E-state index in [0.29, 0.717) is 6.61 Å². The van der Waals surface area contributed by atoms with Crippen LogP contribution in [0.3, 0.4) is 0 Å². The van der Waals surface area contributed by atoms with Crippen molar-refractivity contribution in [3.63, 3.8) is 0 Å². The van der Waals surface area contributed by atoms with E-state index in [1.54, 1.807) is 7.11 Å². The Labute approximate surface area is 136 Å². The monoisotopic (exact) mass is 349 g/mol.